The number of pyridine rings is 1. The summed E-state index contributed by atoms with van der Waals surface area (Å²) in [6.07, 6.45) is 0. The Morgan fingerprint density at radius 3 is 2.68 bits per heavy atom. The number of methoxy groups -OCH3 is 1. The van der Waals surface area contributed by atoms with Crippen molar-refractivity contribution >= 4 is 27.2 Å². The molecule has 0 saturated carbocycles. The molecule has 0 aliphatic carbocycles. The molecular formula is C17H19N3OS. The molecule has 0 aliphatic rings. The highest BCUT2D eigenvalue weighted by Gasteiger charge is 2.11. The maximum Gasteiger partial charge on any atom is 0.221 e. The van der Waals surface area contributed by atoms with Crippen LogP contribution in [0.15, 0.2) is 29.6 Å². The first-order valence-electron chi connectivity index (χ1n) is 7.24. The average Bonchev–Trinajstić information content (AvgIpc) is 2.93. The number of aryl methyl sites for hydroxylation is 1. The maximum absolute atomic E-state index is 5.45. The smallest absolute Gasteiger partial charge is 0.221 e. The molecule has 4 nitrogen and oxygen atoms in total. The van der Waals surface area contributed by atoms with Crippen LogP contribution in [0.5, 0.6) is 5.88 Å². The molecule has 114 valence electrons. The Morgan fingerprint density at radius 1 is 1.14 bits per heavy atom. The molecule has 0 atom stereocenters. The van der Waals surface area contributed by atoms with Crippen LogP contribution < -0.4 is 10.1 Å². The molecule has 2 heterocycles. The summed E-state index contributed by atoms with van der Waals surface area (Å²) in [7, 11) is 1.65. The van der Waals surface area contributed by atoms with Gasteiger partial charge in [-0.15, -0.1) is 11.3 Å². The number of ether oxygens (including phenoxy) is 1. The lowest BCUT2D eigenvalue weighted by atomic mass is 10.1. The Labute approximate surface area is 134 Å². The number of aromatic nitrogens is 2. The number of rotatable bonds is 4. The zero-order valence-corrected chi connectivity index (χ0v) is 14.0. The van der Waals surface area contributed by atoms with Crippen LogP contribution in [0.25, 0.3) is 22.2 Å². The highest BCUT2D eigenvalue weighted by Crippen LogP contribution is 2.31. The molecule has 22 heavy (non-hydrogen) atoms. The van der Waals surface area contributed by atoms with Crippen LogP contribution in [-0.4, -0.2) is 23.1 Å². The van der Waals surface area contributed by atoms with Gasteiger partial charge in [0.2, 0.25) is 5.88 Å². The summed E-state index contributed by atoms with van der Waals surface area (Å²) in [5.41, 5.74) is 2.92. The third-order valence-corrected chi connectivity index (χ3v) is 4.10. The van der Waals surface area contributed by atoms with Crippen molar-refractivity contribution in [3.63, 3.8) is 0 Å². The fraction of sp³-hybridized carbons (Fsp3) is 0.294. The molecule has 0 unspecified atom stereocenters. The van der Waals surface area contributed by atoms with Gasteiger partial charge in [-0.1, -0.05) is 17.7 Å². The van der Waals surface area contributed by atoms with E-state index >= 15 is 0 Å². The minimum atomic E-state index is 0.362. The number of benzene rings is 1. The van der Waals surface area contributed by atoms with Gasteiger partial charge >= 0.3 is 0 Å². The van der Waals surface area contributed by atoms with Gasteiger partial charge in [-0.2, -0.15) is 0 Å². The largest absolute Gasteiger partial charge is 0.481 e. The Bertz CT molecular complexity index is 811. The quantitative estimate of drug-likeness (QED) is 0.770. The van der Waals surface area contributed by atoms with E-state index in [1.54, 1.807) is 18.4 Å². The minimum absolute atomic E-state index is 0.362. The van der Waals surface area contributed by atoms with Crippen molar-refractivity contribution in [3.05, 3.63) is 35.2 Å². The molecule has 0 saturated heterocycles. The second-order valence-corrected chi connectivity index (χ2v) is 6.44. The first-order chi connectivity index (χ1) is 10.6. The van der Waals surface area contributed by atoms with E-state index in [4.69, 9.17) is 4.74 Å². The van der Waals surface area contributed by atoms with Gasteiger partial charge in [-0.05, 0) is 38.3 Å². The van der Waals surface area contributed by atoms with Crippen LogP contribution in [0.3, 0.4) is 0 Å². The van der Waals surface area contributed by atoms with E-state index in [1.807, 2.05) is 11.4 Å². The van der Waals surface area contributed by atoms with Crippen molar-refractivity contribution in [1.82, 2.24) is 9.97 Å². The number of hydrogen-bond donors (Lipinski definition) is 1. The van der Waals surface area contributed by atoms with Crippen LogP contribution in [0.2, 0.25) is 0 Å². The number of fused-ring (bicyclic) bond motifs is 1. The topological polar surface area (TPSA) is 47.0 Å². The van der Waals surface area contributed by atoms with Crippen LogP contribution in [0.1, 0.15) is 19.4 Å². The zero-order valence-electron chi connectivity index (χ0n) is 13.2. The Hall–Kier alpha value is -2.14. The minimum Gasteiger partial charge on any atom is -0.481 e. The summed E-state index contributed by atoms with van der Waals surface area (Å²) in [6.45, 7) is 6.28. The van der Waals surface area contributed by atoms with Crippen LogP contribution in [-0.2, 0) is 0 Å². The van der Waals surface area contributed by atoms with Gasteiger partial charge in [0.15, 0.2) is 5.13 Å². The van der Waals surface area contributed by atoms with Crippen molar-refractivity contribution in [2.75, 3.05) is 12.4 Å². The van der Waals surface area contributed by atoms with Gasteiger partial charge in [0.25, 0.3) is 0 Å². The standard InChI is InChI=1S/C17H19N3OS/c1-10(2)18-17-20-15(9-22-17)14-8-12-7-11(3)5-6-13(12)16(19-14)21-4/h5-10H,1-4H3,(H,18,20). The van der Waals surface area contributed by atoms with E-state index in [9.17, 15) is 0 Å². The van der Waals surface area contributed by atoms with Crippen LogP contribution in [0.4, 0.5) is 5.13 Å². The summed E-state index contributed by atoms with van der Waals surface area (Å²) < 4.78 is 5.45. The van der Waals surface area contributed by atoms with Gasteiger partial charge in [-0.25, -0.2) is 9.97 Å². The number of hydrogen-bond acceptors (Lipinski definition) is 5. The summed E-state index contributed by atoms with van der Waals surface area (Å²) in [5, 5.41) is 8.39. The van der Waals surface area contributed by atoms with E-state index < -0.39 is 0 Å². The number of anilines is 1. The van der Waals surface area contributed by atoms with Gasteiger partial charge in [0.05, 0.1) is 12.8 Å². The SMILES string of the molecule is COc1nc(-c2csc(NC(C)C)n2)cc2cc(C)ccc12. The molecule has 2 aromatic heterocycles. The third kappa shape index (κ3) is 2.90. The molecule has 1 N–H and O–H groups in total. The van der Waals surface area contributed by atoms with Gasteiger partial charge in [0, 0.05) is 16.8 Å². The lowest BCUT2D eigenvalue weighted by molar-refractivity contribution is 0.404. The Morgan fingerprint density at radius 2 is 1.95 bits per heavy atom. The van der Waals surface area contributed by atoms with Crippen molar-refractivity contribution in [2.45, 2.75) is 26.8 Å². The summed E-state index contributed by atoms with van der Waals surface area (Å²) >= 11 is 1.59. The predicted octanol–water partition coefficient (Wildman–Crippen LogP) is 4.50. The summed E-state index contributed by atoms with van der Waals surface area (Å²) in [6, 6.07) is 8.69. The van der Waals surface area contributed by atoms with E-state index in [0.717, 1.165) is 27.3 Å². The fourth-order valence-electron chi connectivity index (χ4n) is 2.34. The van der Waals surface area contributed by atoms with Gasteiger partial charge in [-0.3, -0.25) is 0 Å². The molecule has 0 fully saturated rings. The highest BCUT2D eigenvalue weighted by molar-refractivity contribution is 7.14. The predicted molar refractivity (Wildman–Crippen MR) is 92.9 cm³/mol. The second-order valence-electron chi connectivity index (χ2n) is 5.58. The third-order valence-electron chi connectivity index (χ3n) is 3.32. The van der Waals surface area contributed by atoms with Crippen molar-refractivity contribution in [2.24, 2.45) is 0 Å². The van der Waals surface area contributed by atoms with Crippen LogP contribution >= 0.6 is 11.3 Å². The van der Waals surface area contributed by atoms with E-state index in [0.29, 0.717) is 11.9 Å². The van der Waals surface area contributed by atoms with Gasteiger partial charge in [0.1, 0.15) is 5.69 Å². The summed E-state index contributed by atoms with van der Waals surface area (Å²) in [5.74, 6) is 0.638. The number of thiazole rings is 1. The zero-order chi connectivity index (χ0) is 15.7. The fourth-order valence-corrected chi connectivity index (χ4v) is 3.19. The lowest BCUT2D eigenvalue weighted by Crippen LogP contribution is -2.09. The van der Waals surface area contributed by atoms with Crippen LogP contribution in [0, 0.1) is 6.92 Å². The summed E-state index contributed by atoms with van der Waals surface area (Å²) in [4.78, 5) is 9.22. The second kappa shape index (κ2) is 5.93. The number of nitrogens with zero attached hydrogens (tertiary/aromatic N) is 2. The Kier molecular flexibility index (Phi) is 3.98. The molecule has 0 amide bonds. The Balaban J connectivity index is 2.08. The normalized spacial score (nSPS) is 11.1. The van der Waals surface area contributed by atoms with Crippen molar-refractivity contribution in [1.29, 1.82) is 0 Å². The van der Waals surface area contributed by atoms with Crippen molar-refractivity contribution in [3.8, 4) is 17.3 Å². The molecule has 3 rings (SSSR count). The maximum atomic E-state index is 5.45. The molecule has 0 aliphatic heterocycles. The first-order valence-corrected chi connectivity index (χ1v) is 8.12. The molecule has 0 bridgehead atoms. The molecular weight excluding hydrogens is 294 g/mol. The molecule has 1 aromatic carbocycles. The first kappa shape index (κ1) is 14.8. The molecule has 0 radical (unpaired) electrons. The highest BCUT2D eigenvalue weighted by atomic mass is 32.1. The monoisotopic (exact) mass is 313 g/mol. The van der Waals surface area contributed by atoms with Gasteiger partial charge < -0.3 is 10.1 Å². The molecule has 3 aromatic rings. The van der Waals surface area contributed by atoms with Crippen molar-refractivity contribution < 1.29 is 4.74 Å². The lowest BCUT2D eigenvalue weighted by Gasteiger charge is -2.08. The van der Waals surface area contributed by atoms with E-state index in [1.165, 1.54) is 5.56 Å². The molecule has 0 spiro atoms. The van der Waals surface area contributed by atoms with E-state index in [-0.39, 0.29) is 0 Å². The van der Waals surface area contributed by atoms with E-state index in [2.05, 4.69) is 54.3 Å². The number of nitrogens with one attached hydrogen (secondary N) is 1. The molecule has 5 heteroatoms. The average molecular weight is 313 g/mol.